The fourth-order valence-corrected chi connectivity index (χ4v) is 2.41. The van der Waals surface area contributed by atoms with E-state index in [4.69, 9.17) is 23.2 Å². The van der Waals surface area contributed by atoms with Crippen molar-refractivity contribution in [2.45, 2.75) is 13.0 Å². The first kappa shape index (κ1) is 12.7. The van der Waals surface area contributed by atoms with Gasteiger partial charge in [0.05, 0.1) is 0 Å². The molecule has 1 unspecified atom stereocenters. The smallest absolute Gasteiger partial charge is 0.223 e. The highest BCUT2D eigenvalue weighted by Gasteiger charge is 2.29. The summed E-state index contributed by atoms with van der Waals surface area (Å²) in [4.78, 5) is 13.3. The lowest BCUT2D eigenvalue weighted by atomic mass is 10.1. The van der Waals surface area contributed by atoms with Gasteiger partial charge in [-0.3, -0.25) is 4.79 Å². The lowest BCUT2D eigenvalue weighted by Crippen LogP contribution is -2.25. The van der Waals surface area contributed by atoms with Crippen molar-refractivity contribution in [3.8, 4) is 0 Å². The van der Waals surface area contributed by atoms with Crippen molar-refractivity contribution in [3.63, 3.8) is 0 Å². The number of carbonyl (C=O) groups is 1. The highest BCUT2D eigenvalue weighted by Crippen LogP contribution is 2.25. The number of hydrogen-bond donors (Lipinski definition) is 0. The van der Waals surface area contributed by atoms with Gasteiger partial charge in [-0.2, -0.15) is 0 Å². The first-order valence-electron chi connectivity index (χ1n) is 5.38. The van der Waals surface area contributed by atoms with E-state index >= 15 is 0 Å². The molecule has 0 N–H and O–H groups in total. The number of carbonyl (C=O) groups excluding carboxylic acids is 1. The molecule has 2 nitrogen and oxygen atoms in total. The molecule has 1 aromatic carbocycles. The quantitative estimate of drug-likeness (QED) is 0.777. The molecule has 1 amide bonds. The van der Waals surface area contributed by atoms with Gasteiger partial charge in [0, 0.05) is 36.0 Å². The third-order valence-corrected chi connectivity index (χ3v) is 3.71. The molecule has 17 heavy (non-hydrogen) atoms. The van der Waals surface area contributed by atoms with Crippen molar-refractivity contribution in [2.75, 3.05) is 12.4 Å². The fraction of sp³-hybridized carbons (Fsp3) is 0.417. The van der Waals surface area contributed by atoms with Crippen LogP contribution in [0.3, 0.4) is 0 Å². The summed E-state index contributed by atoms with van der Waals surface area (Å²) in [6, 6.07) is 4.52. The SMILES string of the molecule is O=C1CC(CCl)CN1Cc1c(F)cccc1Cl. The van der Waals surface area contributed by atoms with E-state index in [1.165, 1.54) is 6.07 Å². The van der Waals surface area contributed by atoms with Crippen molar-refractivity contribution in [2.24, 2.45) is 5.92 Å². The van der Waals surface area contributed by atoms with Gasteiger partial charge in [0.2, 0.25) is 5.91 Å². The van der Waals surface area contributed by atoms with Crippen LogP contribution in [0.15, 0.2) is 18.2 Å². The molecule has 2 rings (SSSR count). The van der Waals surface area contributed by atoms with E-state index in [1.807, 2.05) is 0 Å². The van der Waals surface area contributed by atoms with Gasteiger partial charge in [-0.25, -0.2) is 4.39 Å². The number of nitrogens with zero attached hydrogens (tertiary/aromatic N) is 1. The fourth-order valence-electron chi connectivity index (χ4n) is 1.98. The second-order valence-electron chi connectivity index (χ2n) is 4.20. The van der Waals surface area contributed by atoms with E-state index < -0.39 is 0 Å². The normalized spacial score (nSPS) is 20.1. The molecule has 0 radical (unpaired) electrons. The maximum Gasteiger partial charge on any atom is 0.223 e. The first-order valence-corrected chi connectivity index (χ1v) is 6.29. The zero-order valence-corrected chi connectivity index (χ0v) is 10.6. The zero-order valence-electron chi connectivity index (χ0n) is 9.13. The molecule has 1 heterocycles. The predicted molar refractivity (Wildman–Crippen MR) is 65.7 cm³/mol. The molecule has 1 aliphatic rings. The first-order chi connectivity index (χ1) is 8.11. The summed E-state index contributed by atoms with van der Waals surface area (Å²) in [5.41, 5.74) is 0.373. The molecule has 1 aliphatic heterocycles. The summed E-state index contributed by atoms with van der Waals surface area (Å²) in [5, 5.41) is 0.354. The Labute approximate surface area is 109 Å². The van der Waals surface area contributed by atoms with Gasteiger partial charge in [-0.1, -0.05) is 17.7 Å². The Kier molecular flexibility index (Phi) is 3.89. The summed E-state index contributed by atoms with van der Waals surface area (Å²) in [6.45, 7) is 0.796. The maximum atomic E-state index is 13.6. The number of likely N-dealkylation sites (tertiary alicyclic amines) is 1. The second kappa shape index (κ2) is 5.23. The van der Waals surface area contributed by atoms with Crippen molar-refractivity contribution in [3.05, 3.63) is 34.6 Å². The molecule has 92 valence electrons. The molecule has 1 saturated heterocycles. The van der Waals surface area contributed by atoms with Gasteiger partial charge in [0.15, 0.2) is 0 Å². The van der Waals surface area contributed by atoms with Crippen LogP contribution < -0.4 is 0 Å². The van der Waals surface area contributed by atoms with E-state index in [2.05, 4.69) is 0 Å². The van der Waals surface area contributed by atoms with Crippen LogP contribution in [0.5, 0.6) is 0 Å². The van der Waals surface area contributed by atoms with E-state index in [-0.39, 0.29) is 24.2 Å². The maximum absolute atomic E-state index is 13.6. The lowest BCUT2D eigenvalue weighted by molar-refractivity contribution is -0.128. The second-order valence-corrected chi connectivity index (χ2v) is 4.91. The van der Waals surface area contributed by atoms with E-state index in [0.29, 0.717) is 29.4 Å². The number of benzene rings is 1. The summed E-state index contributed by atoms with van der Waals surface area (Å²) < 4.78 is 13.6. The minimum Gasteiger partial charge on any atom is -0.338 e. The Morgan fingerprint density at radius 2 is 2.24 bits per heavy atom. The molecule has 0 aromatic heterocycles. The van der Waals surface area contributed by atoms with Crippen LogP contribution in [-0.2, 0) is 11.3 Å². The van der Waals surface area contributed by atoms with Gasteiger partial charge in [0.25, 0.3) is 0 Å². The number of alkyl halides is 1. The number of rotatable bonds is 3. The zero-order chi connectivity index (χ0) is 12.4. The topological polar surface area (TPSA) is 20.3 Å². The Balaban J connectivity index is 2.14. The van der Waals surface area contributed by atoms with Crippen LogP contribution in [0.2, 0.25) is 5.02 Å². The van der Waals surface area contributed by atoms with E-state index in [9.17, 15) is 9.18 Å². The van der Waals surface area contributed by atoms with Gasteiger partial charge >= 0.3 is 0 Å². The molecule has 0 spiro atoms. The molecule has 1 aromatic rings. The monoisotopic (exact) mass is 275 g/mol. The van der Waals surface area contributed by atoms with Gasteiger partial charge < -0.3 is 4.90 Å². The molecule has 1 fully saturated rings. The summed E-state index contributed by atoms with van der Waals surface area (Å²) in [6.07, 6.45) is 0.440. The van der Waals surface area contributed by atoms with Crippen molar-refractivity contribution in [1.29, 1.82) is 0 Å². The van der Waals surface area contributed by atoms with E-state index in [0.717, 1.165) is 0 Å². The molecular formula is C12H12Cl2FNO. The van der Waals surface area contributed by atoms with Gasteiger partial charge in [0.1, 0.15) is 5.82 Å². The number of halogens is 3. The molecule has 1 atom stereocenters. The van der Waals surface area contributed by atoms with Crippen molar-refractivity contribution >= 4 is 29.1 Å². The largest absolute Gasteiger partial charge is 0.338 e. The summed E-state index contributed by atoms with van der Waals surface area (Å²) >= 11 is 11.6. The molecule has 0 bridgehead atoms. The van der Waals surface area contributed by atoms with Crippen LogP contribution in [0.4, 0.5) is 4.39 Å². The lowest BCUT2D eigenvalue weighted by Gasteiger charge is -2.17. The minimum absolute atomic E-state index is 0.00923. The number of amides is 1. The van der Waals surface area contributed by atoms with Crippen molar-refractivity contribution < 1.29 is 9.18 Å². The highest BCUT2D eigenvalue weighted by molar-refractivity contribution is 6.31. The molecule has 0 saturated carbocycles. The Bertz CT molecular complexity index is 418. The van der Waals surface area contributed by atoms with Crippen LogP contribution in [0.1, 0.15) is 12.0 Å². The standard InChI is InChI=1S/C12H12Cl2FNO/c13-5-8-4-12(17)16(6-8)7-9-10(14)2-1-3-11(9)15/h1-3,8H,4-7H2. The predicted octanol–water partition coefficient (Wildman–Crippen LogP) is 3.07. The molecular weight excluding hydrogens is 264 g/mol. The van der Waals surface area contributed by atoms with Gasteiger partial charge in [-0.05, 0) is 18.1 Å². The Morgan fingerprint density at radius 3 is 2.82 bits per heavy atom. The van der Waals surface area contributed by atoms with Crippen molar-refractivity contribution in [1.82, 2.24) is 4.90 Å². The average molecular weight is 276 g/mol. The van der Waals surface area contributed by atoms with Crippen LogP contribution in [-0.4, -0.2) is 23.2 Å². The molecule has 0 aliphatic carbocycles. The van der Waals surface area contributed by atoms with Gasteiger partial charge in [-0.15, -0.1) is 11.6 Å². The molecule has 5 heteroatoms. The van der Waals surface area contributed by atoms with Crippen LogP contribution in [0, 0.1) is 11.7 Å². The summed E-state index contributed by atoms with van der Waals surface area (Å²) in [7, 11) is 0. The number of hydrogen-bond acceptors (Lipinski definition) is 1. The third-order valence-electron chi connectivity index (χ3n) is 2.92. The average Bonchev–Trinajstić information content (AvgIpc) is 2.65. The van der Waals surface area contributed by atoms with Crippen LogP contribution >= 0.6 is 23.2 Å². The third kappa shape index (κ3) is 2.72. The Morgan fingerprint density at radius 1 is 1.47 bits per heavy atom. The highest BCUT2D eigenvalue weighted by atomic mass is 35.5. The van der Waals surface area contributed by atoms with E-state index in [1.54, 1.807) is 17.0 Å². The summed E-state index contributed by atoms with van der Waals surface area (Å²) in [5.74, 6) is 0.247. The van der Waals surface area contributed by atoms with Crippen LogP contribution in [0.25, 0.3) is 0 Å². The Hall–Kier alpha value is -0.800. The minimum atomic E-state index is -0.375.